The zero-order valence-corrected chi connectivity index (χ0v) is 18.3. The molecule has 0 atom stereocenters. The summed E-state index contributed by atoms with van der Waals surface area (Å²) in [5.74, 6) is -0.475. The highest BCUT2D eigenvalue weighted by Gasteiger charge is 2.34. The third kappa shape index (κ3) is 3.83. The van der Waals surface area contributed by atoms with E-state index in [1.165, 1.54) is 23.9 Å². The number of fused-ring (bicyclic) bond motifs is 1. The summed E-state index contributed by atoms with van der Waals surface area (Å²) in [6, 6.07) is 19.6. The standard InChI is InChI=1S/C25H19FN4OS/c1-16-3-10-21(11-4-16)30-24(31)23(32-25(30)28-20-8-6-19(26)7-9-20)14-17-5-12-22-18(13-17)15-27-29(22)2/h3-15H,1-2H3/b23-14-,28-25-. The molecule has 1 amide bonds. The summed E-state index contributed by atoms with van der Waals surface area (Å²) in [6.07, 6.45) is 3.68. The second-order valence-corrected chi connectivity index (χ2v) is 8.55. The van der Waals surface area contributed by atoms with Gasteiger partial charge in [-0.3, -0.25) is 14.4 Å². The molecule has 1 aliphatic rings. The number of anilines is 1. The maximum Gasteiger partial charge on any atom is 0.271 e. The van der Waals surface area contributed by atoms with Gasteiger partial charge < -0.3 is 0 Å². The monoisotopic (exact) mass is 442 g/mol. The molecule has 0 bridgehead atoms. The lowest BCUT2D eigenvalue weighted by molar-refractivity contribution is -0.113. The fraction of sp³-hybridized carbons (Fsp3) is 0.0800. The predicted molar refractivity (Wildman–Crippen MR) is 128 cm³/mol. The molecule has 2 heterocycles. The van der Waals surface area contributed by atoms with Crippen LogP contribution in [0.3, 0.4) is 0 Å². The van der Waals surface area contributed by atoms with Crippen molar-refractivity contribution < 1.29 is 9.18 Å². The minimum atomic E-state index is -0.328. The Balaban J connectivity index is 1.56. The van der Waals surface area contributed by atoms with Crippen molar-refractivity contribution >= 4 is 51.2 Å². The normalized spacial score (nSPS) is 16.6. The molecule has 0 N–H and O–H groups in total. The van der Waals surface area contributed by atoms with E-state index in [9.17, 15) is 9.18 Å². The van der Waals surface area contributed by atoms with Gasteiger partial charge in [0, 0.05) is 12.4 Å². The van der Waals surface area contributed by atoms with Crippen molar-refractivity contribution in [2.45, 2.75) is 6.92 Å². The van der Waals surface area contributed by atoms with Crippen LogP contribution in [0.5, 0.6) is 0 Å². The van der Waals surface area contributed by atoms with Gasteiger partial charge >= 0.3 is 0 Å². The maximum atomic E-state index is 13.4. The Hall–Kier alpha value is -3.71. The van der Waals surface area contributed by atoms with Crippen molar-refractivity contribution in [2.75, 3.05) is 4.90 Å². The summed E-state index contributed by atoms with van der Waals surface area (Å²) in [7, 11) is 1.90. The molecule has 1 saturated heterocycles. The molecule has 5 nitrogen and oxygen atoms in total. The molecule has 1 aliphatic heterocycles. The third-order valence-corrected chi connectivity index (χ3v) is 6.19. The smallest absolute Gasteiger partial charge is 0.268 e. The maximum absolute atomic E-state index is 13.4. The van der Waals surface area contributed by atoms with Gasteiger partial charge in [-0.25, -0.2) is 9.38 Å². The quantitative estimate of drug-likeness (QED) is 0.375. The first-order valence-corrected chi connectivity index (χ1v) is 10.9. The number of aromatic nitrogens is 2. The van der Waals surface area contributed by atoms with Crippen LogP contribution in [0.15, 0.2) is 82.8 Å². The van der Waals surface area contributed by atoms with Crippen molar-refractivity contribution in [3.63, 3.8) is 0 Å². The highest BCUT2D eigenvalue weighted by atomic mass is 32.2. The third-order valence-electron chi connectivity index (χ3n) is 5.22. The van der Waals surface area contributed by atoms with Crippen LogP contribution >= 0.6 is 11.8 Å². The van der Waals surface area contributed by atoms with Gasteiger partial charge in [-0.1, -0.05) is 23.8 Å². The van der Waals surface area contributed by atoms with E-state index in [-0.39, 0.29) is 11.7 Å². The summed E-state index contributed by atoms with van der Waals surface area (Å²) in [4.78, 5) is 20.2. The molecule has 0 unspecified atom stereocenters. The Bertz CT molecular complexity index is 1390. The summed E-state index contributed by atoms with van der Waals surface area (Å²) in [6.45, 7) is 2.00. The molecule has 1 fully saturated rings. The molecule has 0 radical (unpaired) electrons. The van der Waals surface area contributed by atoms with Crippen molar-refractivity contribution in [3.05, 3.63) is 94.8 Å². The topological polar surface area (TPSA) is 50.5 Å². The largest absolute Gasteiger partial charge is 0.271 e. The van der Waals surface area contributed by atoms with Crippen LogP contribution in [0.1, 0.15) is 11.1 Å². The van der Waals surface area contributed by atoms with Crippen molar-refractivity contribution in [1.82, 2.24) is 9.78 Å². The van der Waals surface area contributed by atoms with Crippen LogP contribution in [0.4, 0.5) is 15.8 Å². The zero-order chi connectivity index (χ0) is 22.2. The number of nitrogens with zero attached hydrogens (tertiary/aromatic N) is 4. The first kappa shape index (κ1) is 20.2. The molecule has 0 saturated carbocycles. The van der Waals surface area contributed by atoms with Crippen LogP contribution in [0.2, 0.25) is 0 Å². The van der Waals surface area contributed by atoms with Gasteiger partial charge in [0.1, 0.15) is 5.82 Å². The Kier molecular flexibility index (Phi) is 5.11. The molecule has 32 heavy (non-hydrogen) atoms. The number of rotatable bonds is 3. The Morgan fingerprint density at radius 2 is 1.78 bits per heavy atom. The lowest BCUT2D eigenvalue weighted by atomic mass is 10.1. The second-order valence-electron chi connectivity index (χ2n) is 7.54. The van der Waals surface area contributed by atoms with Gasteiger partial charge in [0.25, 0.3) is 5.91 Å². The SMILES string of the molecule is Cc1ccc(N2C(=O)/C(=C/c3ccc4c(cnn4C)c3)S/C2=N\c2ccc(F)cc2)cc1. The number of aliphatic imine (C=N–C) groups is 1. The molecule has 1 aromatic heterocycles. The number of hydrogen-bond acceptors (Lipinski definition) is 4. The number of halogens is 1. The average molecular weight is 443 g/mol. The van der Waals surface area contributed by atoms with Gasteiger partial charge in [0.05, 0.1) is 28.0 Å². The molecule has 7 heteroatoms. The van der Waals surface area contributed by atoms with E-state index in [4.69, 9.17) is 0 Å². The zero-order valence-electron chi connectivity index (χ0n) is 17.5. The van der Waals surface area contributed by atoms with Crippen molar-refractivity contribution in [2.24, 2.45) is 12.0 Å². The first-order chi connectivity index (χ1) is 15.5. The van der Waals surface area contributed by atoms with Gasteiger partial charge in [-0.05, 0) is 78.9 Å². The molecule has 158 valence electrons. The highest BCUT2D eigenvalue weighted by molar-refractivity contribution is 8.19. The molecule has 0 aliphatic carbocycles. The Labute approximate surface area is 188 Å². The number of carbonyl (C=O) groups is 1. The molecule has 3 aromatic carbocycles. The van der Waals surface area contributed by atoms with Crippen molar-refractivity contribution in [1.29, 1.82) is 0 Å². The number of aryl methyl sites for hydroxylation is 2. The van der Waals surface area contributed by atoms with Gasteiger partial charge in [0.15, 0.2) is 5.17 Å². The fourth-order valence-electron chi connectivity index (χ4n) is 3.52. The van der Waals surface area contributed by atoms with Gasteiger partial charge in [0.2, 0.25) is 0 Å². The lowest BCUT2D eigenvalue weighted by Gasteiger charge is -2.16. The number of carbonyl (C=O) groups excluding carboxylic acids is 1. The Morgan fingerprint density at radius 1 is 1.03 bits per heavy atom. The van der Waals surface area contributed by atoms with Gasteiger partial charge in [-0.2, -0.15) is 5.10 Å². The number of benzene rings is 3. The lowest BCUT2D eigenvalue weighted by Crippen LogP contribution is -2.28. The van der Waals surface area contributed by atoms with E-state index in [0.29, 0.717) is 15.8 Å². The predicted octanol–water partition coefficient (Wildman–Crippen LogP) is 5.83. The Morgan fingerprint density at radius 3 is 2.53 bits per heavy atom. The van der Waals surface area contributed by atoms with Crippen LogP contribution in [0, 0.1) is 12.7 Å². The number of amidine groups is 1. The van der Waals surface area contributed by atoms with E-state index in [0.717, 1.165) is 27.7 Å². The molecule has 4 aromatic rings. The summed E-state index contributed by atoms with van der Waals surface area (Å²) in [5.41, 5.74) is 4.35. The molecular formula is C25H19FN4OS. The van der Waals surface area contributed by atoms with Gasteiger partial charge in [-0.15, -0.1) is 0 Å². The summed E-state index contributed by atoms with van der Waals surface area (Å²) in [5, 5.41) is 5.81. The minimum absolute atomic E-state index is 0.147. The molecule has 0 spiro atoms. The summed E-state index contributed by atoms with van der Waals surface area (Å²) >= 11 is 1.30. The molecular weight excluding hydrogens is 423 g/mol. The van der Waals surface area contributed by atoms with Crippen LogP contribution in [-0.2, 0) is 11.8 Å². The van der Waals surface area contributed by atoms with Crippen LogP contribution in [0.25, 0.3) is 17.0 Å². The fourth-order valence-corrected chi connectivity index (χ4v) is 4.52. The van der Waals surface area contributed by atoms with Crippen LogP contribution in [-0.4, -0.2) is 20.9 Å². The first-order valence-electron chi connectivity index (χ1n) is 10.0. The van der Waals surface area contributed by atoms with E-state index in [1.807, 2.05) is 67.2 Å². The van der Waals surface area contributed by atoms with E-state index < -0.39 is 0 Å². The minimum Gasteiger partial charge on any atom is -0.268 e. The van der Waals surface area contributed by atoms with E-state index in [1.54, 1.807) is 23.2 Å². The molecule has 5 rings (SSSR count). The number of amides is 1. The van der Waals surface area contributed by atoms with E-state index >= 15 is 0 Å². The van der Waals surface area contributed by atoms with Crippen molar-refractivity contribution in [3.8, 4) is 0 Å². The van der Waals surface area contributed by atoms with E-state index in [2.05, 4.69) is 10.1 Å². The summed E-state index contributed by atoms with van der Waals surface area (Å²) < 4.78 is 15.1. The van der Waals surface area contributed by atoms with Crippen LogP contribution < -0.4 is 4.90 Å². The number of thioether (sulfide) groups is 1. The number of hydrogen-bond donors (Lipinski definition) is 0. The average Bonchev–Trinajstić information content (AvgIpc) is 3.30. The highest BCUT2D eigenvalue weighted by Crippen LogP contribution is 2.37. The second kappa shape index (κ2) is 8.09.